The Morgan fingerprint density at radius 3 is 2.08 bits per heavy atom. The molecule has 39 heavy (non-hydrogen) atoms. The fourth-order valence-electron chi connectivity index (χ4n) is 4.27. The molecule has 0 aliphatic heterocycles. The summed E-state index contributed by atoms with van der Waals surface area (Å²) in [6, 6.07) is 30.1. The summed E-state index contributed by atoms with van der Waals surface area (Å²) >= 11 is 0. The van der Waals surface area contributed by atoms with Crippen LogP contribution in [0.2, 0.25) is 0 Å². The van der Waals surface area contributed by atoms with E-state index in [1.165, 1.54) is 29.8 Å². The van der Waals surface area contributed by atoms with Gasteiger partial charge in [-0.05, 0) is 85.4 Å². The van der Waals surface area contributed by atoms with Crippen LogP contribution in [0.5, 0.6) is 17.2 Å². The Bertz CT molecular complexity index is 1460. The van der Waals surface area contributed by atoms with Gasteiger partial charge in [-0.3, -0.25) is 9.69 Å². The number of benzene rings is 4. The average Bonchev–Trinajstić information content (AvgIpc) is 3.39. The second kappa shape index (κ2) is 11.7. The summed E-state index contributed by atoms with van der Waals surface area (Å²) in [4.78, 5) is 16.0. The molecule has 0 bridgehead atoms. The smallest absolute Gasteiger partial charge is 0.199 e. The number of nitrogens with zero attached hydrogens (tertiary/aromatic N) is 2. The van der Waals surface area contributed by atoms with Gasteiger partial charge in [0.25, 0.3) is 0 Å². The molecule has 4 aromatic carbocycles. The van der Waals surface area contributed by atoms with Crippen LogP contribution in [0, 0.1) is 0 Å². The van der Waals surface area contributed by atoms with Gasteiger partial charge >= 0.3 is 0 Å². The minimum atomic E-state index is -0.267. The number of rotatable bonds is 10. The third kappa shape index (κ3) is 6.17. The Balaban J connectivity index is 1.33. The van der Waals surface area contributed by atoms with Gasteiger partial charge < -0.3 is 19.5 Å². The first-order chi connectivity index (χ1) is 19.0. The Hall–Kier alpha value is -4.88. The van der Waals surface area contributed by atoms with Crippen LogP contribution < -0.4 is 4.74 Å². The van der Waals surface area contributed by atoms with Crippen molar-refractivity contribution in [2.45, 2.75) is 6.54 Å². The Labute approximate surface area is 226 Å². The van der Waals surface area contributed by atoms with E-state index in [0.717, 1.165) is 13.1 Å². The zero-order valence-electron chi connectivity index (χ0n) is 21.4. The number of carbonyl (C=O) groups excluding carboxylic acids is 1. The highest BCUT2D eigenvalue weighted by atomic mass is 16.5. The van der Waals surface area contributed by atoms with Crippen LogP contribution in [0.3, 0.4) is 0 Å². The molecule has 7 nitrogen and oxygen atoms in total. The molecule has 5 aromatic rings. The van der Waals surface area contributed by atoms with Crippen molar-refractivity contribution in [1.29, 1.82) is 0 Å². The summed E-state index contributed by atoms with van der Waals surface area (Å²) in [5.74, 6) is 0.909. The van der Waals surface area contributed by atoms with Crippen LogP contribution in [0.15, 0.2) is 108 Å². The van der Waals surface area contributed by atoms with E-state index in [1.54, 1.807) is 48.5 Å². The van der Waals surface area contributed by atoms with Crippen LogP contribution in [0.25, 0.3) is 22.6 Å². The number of carbonyl (C=O) groups is 1. The summed E-state index contributed by atoms with van der Waals surface area (Å²) in [5.41, 5.74) is 3.59. The van der Waals surface area contributed by atoms with Gasteiger partial charge in [-0.15, -0.1) is 0 Å². The SMILES string of the molecule is CN(CCOc1ccc(C(=O)c2c(-c3ccc(O)cc3)noc2-c2ccc(O)cc2)cc1)Cc1ccccc1. The largest absolute Gasteiger partial charge is 0.508 e. The molecule has 0 aliphatic carbocycles. The lowest BCUT2D eigenvalue weighted by Crippen LogP contribution is -2.23. The molecule has 0 atom stereocenters. The summed E-state index contributed by atoms with van der Waals surface area (Å²) in [5, 5.41) is 23.6. The monoisotopic (exact) mass is 520 g/mol. The minimum Gasteiger partial charge on any atom is -0.508 e. The normalized spacial score (nSPS) is 11.0. The second-order valence-corrected chi connectivity index (χ2v) is 9.25. The number of hydrogen-bond donors (Lipinski definition) is 2. The highest BCUT2D eigenvalue weighted by molar-refractivity contribution is 6.15. The molecule has 0 radical (unpaired) electrons. The third-order valence-corrected chi connectivity index (χ3v) is 6.34. The quantitative estimate of drug-likeness (QED) is 0.213. The standard InChI is InChI=1S/C32H28N2O5/c1-34(21-22-5-3-2-4-6-22)19-20-38-28-17-11-24(12-18-28)31(37)29-30(23-7-13-26(35)14-8-23)33-39-32(29)25-9-15-27(36)16-10-25/h2-18,35-36H,19-21H2,1H3. The molecular formula is C32H28N2O5. The van der Waals surface area contributed by atoms with Gasteiger partial charge in [-0.1, -0.05) is 35.5 Å². The number of ketones is 1. The lowest BCUT2D eigenvalue weighted by Gasteiger charge is -2.17. The van der Waals surface area contributed by atoms with E-state index >= 15 is 0 Å². The average molecular weight is 521 g/mol. The molecule has 1 aromatic heterocycles. The lowest BCUT2D eigenvalue weighted by molar-refractivity contribution is 0.103. The third-order valence-electron chi connectivity index (χ3n) is 6.34. The van der Waals surface area contributed by atoms with Crippen molar-refractivity contribution in [3.8, 4) is 39.8 Å². The maximum atomic E-state index is 13.8. The molecule has 0 unspecified atom stereocenters. The molecule has 0 saturated heterocycles. The van der Waals surface area contributed by atoms with Crippen molar-refractivity contribution in [2.75, 3.05) is 20.2 Å². The fraction of sp³-hybridized carbons (Fsp3) is 0.125. The van der Waals surface area contributed by atoms with Crippen LogP contribution in [0.1, 0.15) is 21.5 Å². The van der Waals surface area contributed by atoms with Gasteiger partial charge in [0.2, 0.25) is 0 Å². The number of hydrogen-bond acceptors (Lipinski definition) is 7. The molecule has 7 heteroatoms. The Morgan fingerprint density at radius 1 is 0.821 bits per heavy atom. The number of ether oxygens (including phenoxy) is 1. The van der Waals surface area contributed by atoms with Crippen LogP contribution in [-0.4, -0.2) is 46.3 Å². The van der Waals surface area contributed by atoms with Crippen molar-refractivity contribution in [3.05, 3.63) is 120 Å². The van der Waals surface area contributed by atoms with Gasteiger partial charge in [-0.2, -0.15) is 0 Å². The Morgan fingerprint density at radius 2 is 1.44 bits per heavy atom. The van der Waals surface area contributed by atoms with Gasteiger partial charge in [0.05, 0.1) is 5.56 Å². The first-order valence-corrected chi connectivity index (χ1v) is 12.6. The molecule has 0 aliphatic rings. The van der Waals surface area contributed by atoms with E-state index in [2.05, 4.69) is 29.2 Å². The minimum absolute atomic E-state index is 0.103. The molecule has 0 amide bonds. The Kier molecular flexibility index (Phi) is 7.70. The highest BCUT2D eigenvalue weighted by Crippen LogP contribution is 2.35. The van der Waals surface area contributed by atoms with Gasteiger partial charge in [0.15, 0.2) is 11.5 Å². The lowest BCUT2D eigenvalue weighted by atomic mass is 9.95. The van der Waals surface area contributed by atoms with Crippen molar-refractivity contribution >= 4 is 5.78 Å². The van der Waals surface area contributed by atoms with E-state index in [9.17, 15) is 15.0 Å². The number of phenols is 2. The zero-order chi connectivity index (χ0) is 27.2. The van der Waals surface area contributed by atoms with E-state index in [0.29, 0.717) is 46.1 Å². The molecule has 5 rings (SSSR count). The van der Waals surface area contributed by atoms with Crippen molar-refractivity contribution in [3.63, 3.8) is 0 Å². The van der Waals surface area contributed by atoms with Crippen LogP contribution in [-0.2, 0) is 6.54 Å². The second-order valence-electron chi connectivity index (χ2n) is 9.25. The van der Waals surface area contributed by atoms with Gasteiger partial charge in [0.1, 0.15) is 29.5 Å². The van der Waals surface area contributed by atoms with Crippen molar-refractivity contribution in [1.82, 2.24) is 10.1 Å². The molecule has 2 N–H and O–H groups in total. The van der Waals surface area contributed by atoms with E-state index in [-0.39, 0.29) is 17.3 Å². The summed E-state index contributed by atoms with van der Waals surface area (Å²) in [6.07, 6.45) is 0. The van der Waals surface area contributed by atoms with Crippen LogP contribution >= 0.6 is 0 Å². The number of aromatic hydroxyl groups is 2. The first kappa shape index (κ1) is 25.8. The molecule has 196 valence electrons. The number of aromatic nitrogens is 1. The molecule has 0 saturated carbocycles. The predicted molar refractivity (Wildman–Crippen MR) is 149 cm³/mol. The maximum Gasteiger partial charge on any atom is 0.199 e. The van der Waals surface area contributed by atoms with Crippen LogP contribution in [0.4, 0.5) is 0 Å². The number of likely N-dealkylation sites (N-methyl/N-ethyl adjacent to an activating group) is 1. The predicted octanol–water partition coefficient (Wildman–Crippen LogP) is 6.16. The fourth-order valence-corrected chi connectivity index (χ4v) is 4.27. The zero-order valence-corrected chi connectivity index (χ0v) is 21.4. The molecular weight excluding hydrogens is 492 g/mol. The molecule has 0 fully saturated rings. The maximum absolute atomic E-state index is 13.8. The summed E-state index contributed by atoms with van der Waals surface area (Å²) < 4.78 is 11.6. The van der Waals surface area contributed by atoms with Crippen molar-refractivity contribution < 1.29 is 24.3 Å². The number of phenolic OH excluding ortho intramolecular Hbond substituents is 2. The van der Waals surface area contributed by atoms with Crippen molar-refractivity contribution in [2.24, 2.45) is 0 Å². The van der Waals surface area contributed by atoms with E-state index < -0.39 is 0 Å². The topological polar surface area (TPSA) is 96.0 Å². The van der Waals surface area contributed by atoms with E-state index in [4.69, 9.17) is 9.26 Å². The van der Waals surface area contributed by atoms with Gasteiger partial charge in [0, 0.05) is 29.8 Å². The highest BCUT2D eigenvalue weighted by Gasteiger charge is 2.26. The van der Waals surface area contributed by atoms with E-state index in [1.807, 2.05) is 18.2 Å². The summed E-state index contributed by atoms with van der Waals surface area (Å²) in [6.45, 7) is 2.10. The van der Waals surface area contributed by atoms with Gasteiger partial charge in [-0.25, -0.2) is 0 Å². The first-order valence-electron chi connectivity index (χ1n) is 12.6. The molecule has 1 heterocycles. The summed E-state index contributed by atoms with van der Waals surface area (Å²) in [7, 11) is 2.05. The molecule has 0 spiro atoms.